The molecule has 0 spiro atoms. The zero-order valence-corrected chi connectivity index (χ0v) is 9.97. The number of hydrogen-bond acceptors (Lipinski definition) is 3. The molecule has 2 atom stereocenters. The molecule has 0 saturated heterocycles. The summed E-state index contributed by atoms with van der Waals surface area (Å²) >= 11 is 0. The molecule has 2 N–H and O–H groups in total. The molecule has 0 saturated carbocycles. The van der Waals surface area contributed by atoms with Crippen molar-refractivity contribution in [1.29, 1.82) is 0 Å². The second-order valence-electron chi connectivity index (χ2n) is 4.03. The van der Waals surface area contributed by atoms with Gasteiger partial charge in [0, 0.05) is 12.2 Å². The van der Waals surface area contributed by atoms with Gasteiger partial charge in [0.25, 0.3) is 0 Å². The molecule has 0 aliphatic carbocycles. The van der Waals surface area contributed by atoms with Crippen LogP contribution in [0.25, 0.3) is 0 Å². The van der Waals surface area contributed by atoms with Crippen LogP contribution in [0.3, 0.4) is 0 Å². The third kappa shape index (κ3) is 3.06. The quantitative estimate of drug-likeness (QED) is 0.772. The van der Waals surface area contributed by atoms with E-state index in [-0.39, 0.29) is 12.5 Å². The van der Waals surface area contributed by atoms with Crippen LogP contribution in [-0.4, -0.2) is 39.0 Å². The van der Waals surface area contributed by atoms with E-state index >= 15 is 0 Å². The van der Waals surface area contributed by atoms with Gasteiger partial charge < -0.3 is 10.1 Å². The van der Waals surface area contributed by atoms with E-state index in [1.54, 1.807) is 12.5 Å². The molecule has 1 heterocycles. The van der Waals surface area contributed by atoms with Gasteiger partial charge in [-0.2, -0.15) is 0 Å². The van der Waals surface area contributed by atoms with E-state index in [1.807, 2.05) is 7.05 Å². The number of imidazole rings is 1. The molecular formula is C11H19N3O2. The normalized spacial score (nSPS) is 15.0. The SMILES string of the molecule is CCC(C)N(C)C(CC(=O)O)c1c[nH]cn1. The van der Waals surface area contributed by atoms with Gasteiger partial charge in [0.05, 0.1) is 24.5 Å². The zero-order valence-electron chi connectivity index (χ0n) is 9.97. The smallest absolute Gasteiger partial charge is 0.305 e. The molecule has 90 valence electrons. The number of H-pyrrole nitrogens is 1. The van der Waals surface area contributed by atoms with E-state index in [0.717, 1.165) is 12.1 Å². The monoisotopic (exact) mass is 225 g/mol. The van der Waals surface area contributed by atoms with Crippen LogP contribution in [0.4, 0.5) is 0 Å². The number of rotatable bonds is 6. The van der Waals surface area contributed by atoms with E-state index in [1.165, 1.54) is 0 Å². The molecule has 0 aromatic carbocycles. The number of aliphatic carboxylic acids is 1. The van der Waals surface area contributed by atoms with Gasteiger partial charge in [-0.1, -0.05) is 6.92 Å². The first-order valence-corrected chi connectivity index (χ1v) is 5.48. The summed E-state index contributed by atoms with van der Waals surface area (Å²) in [5, 5.41) is 8.92. The van der Waals surface area contributed by atoms with Gasteiger partial charge in [0.1, 0.15) is 0 Å². The lowest BCUT2D eigenvalue weighted by Crippen LogP contribution is -2.34. The minimum atomic E-state index is -0.803. The largest absolute Gasteiger partial charge is 0.481 e. The highest BCUT2D eigenvalue weighted by atomic mass is 16.4. The highest BCUT2D eigenvalue weighted by molar-refractivity contribution is 5.67. The lowest BCUT2D eigenvalue weighted by molar-refractivity contribution is -0.138. The van der Waals surface area contributed by atoms with Crippen LogP contribution < -0.4 is 0 Å². The molecule has 1 aromatic rings. The summed E-state index contributed by atoms with van der Waals surface area (Å²) in [5.74, 6) is -0.803. The molecule has 1 aromatic heterocycles. The Kier molecular flexibility index (Phi) is 4.49. The fraction of sp³-hybridized carbons (Fsp3) is 0.636. The fourth-order valence-corrected chi connectivity index (χ4v) is 1.67. The Morgan fingerprint density at radius 3 is 2.81 bits per heavy atom. The predicted octanol–water partition coefficient (Wildman–Crippen LogP) is 1.66. The molecule has 0 amide bonds. The van der Waals surface area contributed by atoms with Crippen LogP contribution in [0.15, 0.2) is 12.5 Å². The molecule has 5 nitrogen and oxygen atoms in total. The van der Waals surface area contributed by atoms with Crippen LogP contribution in [0, 0.1) is 0 Å². The minimum Gasteiger partial charge on any atom is -0.481 e. The van der Waals surface area contributed by atoms with Gasteiger partial charge in [-0.15, -0.1) is 0 Å². The van der Waals surface area contributed by atoms with Gasteiger partial charge in [-0.3, -0.25) is 9.69 Å². The maximum absolute atomic E-state index is 10.9. The first-order chi connectivity index (χ1) is 7.56. The maximum atomic E-state index is 10.9. The van der Waals surface area contributed by atoms with Gasteiger partial charge in [0.2, 0.25) is 0 Å². The second kappa shape index (κ2) is 5.65. The van der Waals surface area contributed by atoms with E-state index in [4.69, 9.17) is 5.11 Å². The summed E-state index contributed by atoms with van der Waals surface area (Å²) in [6.07, 6.45) is 4.39. The van der Waals surface area contributed by atoms with Gasteiger partial charge >= 0.3 is 5.97 Å². The maximum Gasteiger partial charge on any atom is 0.305 e. The predicted molar refractivity (Wildman–Crippen MR) is 61.1 cm³/mol. The third-order valence-corrected chi connectivity index (χ3v) is 3.01. The summed E-state index contributed by atoms with van der Waals surface area (Å²) in [4.78, 5) is 19.9. The Hall–Kier alpha value is -1.36. The number of carboxylic acid groups (broad SMARTS) is 1. The van der Waals surface area contributed by atoms with Crippen LogP contribution in [0.2, 0.25) is 0 Å². The molecule has 2 unspecified atom stereocenters. The van der Waals surface area contributed by atoms with Crippen LogP contribution in [-0.2, 0) is 4.79 Å². The number of aromatic amines is 1. The first kappa shape index (κ1) is 12.7. The summed E-state index contributed by atoms with van der Waals surface area (Å²) in [6, 6.07) is 0.166. The third-order valence-electron chi connectivity index (χ3n) is 3.01. The summed E-state index contributed by atoms with van der Waals surface area (Å²) < 4.78 is 0. The van der Waals surface area contributed by atoms with Gasteiger partial charge in [0.15, 0.2) is 0 Å². The van der Waals surface area contributed by atoms with Crippen molar-refractivity contribution >= 4 is 5.97 Å². The van der Waals surface area contributed by atoms with Crippen LogP contribution in [0.1, 0.15) is 38.4 Å². The molecule has 16 heavy (non-hydrogen) atoms. The highest BCUT2D eigenvalue weighted by Crippen LogP contribution is 2.23. The molecule has 0 radical (unpaired) electrons. The lowest BCUT2D eigenvalue weighted by atomic mass is 10.1. The Morgan fingerprint density at radius 2 is 2.38 bits per heavy atom. The van der Waals surface area contributed by atoms with Crippen molar-refractivity contribution in [2.75, 3.05) is 7.05 Å². The van der Waals surface area contributed by atoms with Crippen molar-refractivity contribution in [2.24, 2.45) is 0 Å². The number of hydrogen-bond donors (Lipinski definition) is 2. The fourth-order valence-electron chi connectivity index (χ4n) is 1.67. The molecular weight excluding hydrogens is 206 g/mol. The summed E-state index contributed by atoms with van der Waals surface area (Å²) in [5.41, 5.74) is 0.783. The number of carbonyl (C=O) groups is 1. The zero-order chi connectivity index (χ0) is 12.1. The topological polar surface area (TPSA) is 69.2 Å². The van der Waals surface area contributed by atoms with E-state index in [0.29, 0.717) is 6.04 Å². The molecule has 1 rings (SSSR count). The first-order valence-electron chi connectivity index (χ1n) is 5.48. The molecule has 0 aliphatic heterocycles. The van der Waals surface area contributed by atoms with Crippen molar-refractivity contribution in [3.63, 3.8) is 0 Å². The second-order valence-corrected chi connectivity index (χ2v) is 4.03. The Morgan fingerprint density at radius 1 is 1.69 bits per heavy atom. The van der Waals surface area contributed by atoms with Crippen molar-refractivity contribution in [3.05, 3.63) is 18.2 Å². The molecule has 0 bridgehead atoms. The Balaban J connectivity index is 2.83. The van der Waals surface area contributed by atoms with Gasteiger partial charge in [-0.05, 0) is 20.4 Å². The Labute approximate surface area is 95.5 Å². The average molecular weight is 225 g/mol. The number of nitrogens with zero attached hydrogens (tertiary/aromatic N) is 2. The van der Waals surface area contributed by atoms with Crippen LogP contribution >= 0.6 is 0 Å². The number of nitrogens with one attached hydrogen (secondary N) is 1. The van der Waals surface area contributed by atoms with Crippen LogP contribution in [0.5, 0.6) is 0 Å². The standard InChI is InChI=1S/C11H19N3O2/c1-4-8(2)14(3)10(5-11(15)16)9-6-12-7-13-9/h6-8,10H,4-5H2,1-3H3,(H,12,13)(H,15,16). The molecule has 0 aliphatic rings. The van der Waals surface area contributed by atoms with E-state index in [9.17, 15) is 4.79 Å². The summed E-state index contributed by atoms with van der Waals surface area (Å²) in [7, 11) is 1.94. The molecule has 0 fully saturated rings. The molecule has 5 heteroatoms. The summed E-state index contributed by atoms with van der Waals surface area (Å²) in [6.45, 7) is 4.17. The van der Waals surface area contributed by atoms with Crippen molar-refractivity contribution in [2.45, 2.75) is 38.8 Å². The minimum absolute atomic E-state index is 0.0751. The highest BCUT2D eigenvalue weighted by Gasteiger charge is 2.24. The van der Waals surface area contributed by atoms with Crippen molar-refractivity contribution in [1.82, 2.24) is 14.9 Å². The van der Waals surface area contributed by atoms with E-state index in [2.05, 4.69) is 28.7 Å². The number of carboxylic acids is 1. The van der Waals surface area contributed by atoms with Crippen molar-refractivity contribution in [3.8, 4) is 0 Å². The average Bonchev–Trinajstić information content (AvgIpc) is 2.76. The lowest BCUT2D eigenvalue weighted by Gasteiger charge is -2.30. The van der Waals surface area contributed by atoms with E-state index < -0.39 is 5.97 Å². The number of aromatic nitrogens is 2. The Bertz CT molecular complexity index is 324. The van der Waals surface area contributed by atoms with Gasteiger partial charge in [-0.25, -0.2) is 4.98 Å². The van der Waals surface area contributed by atoms with Crippen molar-refractivity contribution < 1.29 is 9.90 Å².